The van der Waals surface area contributed by atoms with E-state index in [4.69, 9.17) is 5.11 Å². The molecule has 0 amide bonds. The number of thioether (sulfide) groups is 1. The first-order valence-corrected chi connectivity index (χ1v) is 8.79. The number of aliphatic carboxylic acids is 1. The lowest BCUT2D eigenvalue weighted by Crippen LogP contribution is -2.26. The van der Waals surface area contributed by atoms with Gasteiger partial charge in [-0.25, -0.2) is 4.98 Å². The normalized spacial score (nSPS) is 23.2. The summed E-state index contributed by atoms with van der Waals surface area (Å²) in [5.41, 5.74) is 0.882. The van der Waals surface area contributed by atoms with E-state index in [1.165, 1.54) is 25.7 Å². The van der Waals surface area contributed by atoms with Crippen molar-refractivity contribution < 1.29 is 9.90 Å². The molecular weight excluding hydrogens is 280 g/mol. The highest BCUT2D eigenvalue weighted by molar-refractivity contribution is 7.99. The quantitative estimate of drug-likeness (QED) is 0.844. The average Bonchev–Trinajstić information content (AvgIpc) is 2.85. The Hall–Kier alpha value is -0.750. The molecule has 0 unspecified atom stereocenters. The predicted octanol–water partition coefficient (Wildman–Crippen LogP) is 3.25. The first kappa shape index (κ1) is 14.7. The molecular formula is C13H20N2O2S2. The van der Waals surface area contributed by atoms with Crippen molar-refractivity contribution in [3.05, 3.63) is 11.1 Å². The fourth-order valence-electron chi connectivity index (χ4n) is 2.34. The minimum atomic E-state index is -0.766. The van der Waals surface area contributed by atoms with Crippen LogP contribution < -0.4 is 5.32 Å². The van der Waals surface area contributed by atoms with Gasteiger partial charge >= 0.3 is 5.97 Å². The van der Waals surface area contributed by atoms with Gasteiger partial charge in [0.05, 0.1) is 12.1 Å². The number of carboxylic acid groups (broad SMARTS) is 1. The molecule has 0 bridgehead atoms. The van der Waals surface area contributed by atoms with E-state index in [0.717, 1.165) is 16.1 Å². The molecule has 2 rings (SSSR count). The van der Waals surface area contributed by atoms with Crippen LogP contribution in [0.25, 0.3) is 0 Å². The van der Waals surface area contributed by atoms with Gasteiger partial charge in [0.25, 0.3) is 0 Å². The average molecular weight is 300 g/mol. The van der Waals surface area contributed by atoms with Crippen molar-refractivity contribution in [1.82, 2.24) is 4.98 Å². The number of nitrogens with one attached hydrogen (secondary N) is 1. The van der Waals surface area contributed by atoms with Crippen molar-refractivity contribution in [2.75, 3.05) is 11.6 Å². The van der Waals surface area contributed by atoms with Gasteiger partial charge in [-0.05, 0) is 31.9 Å². The summed E-state index contributed by atoms with van der Waals surface area (Å²) in [5, 5.41) is 15.8. The van der Waals surface area contributed by atoms with E-state index in [1.807, 2.05) is 17.1 Å². The Balaban J connectivity index is 1.78. The van der Waals surface area contributed by atoms with Crippen LogP contribution >= 0.6 is 23.1 Å². The van der Waals surface area contributed by atoms with Gasteiger partial charge in [-0.2, -0.15) is 11.8 Å². The topological polar surface area (TPSA) is 62.2 Å². The van der Waals surface area contributed by atoms with Gasteiger partial charge in [-0.15, -0.1) is 11.3 Å². The van der Waals surface area contributed by atoms with E-state index in [2.05, 4.69) is 16.6 Å². The number of thiazole rings is 1. The molecule has 19 heavy (non-hydrogen) atoms. The van der Waals surface area contributed by atoms with E-state index in [9.17, 15) is 4.79 Å². The standard InChI is InChI=1S/C13H20N2O2S2/c1-18-11-5-2-9(3-6-11)14-13-15-10(8-19-13)4-7-12(16)17/h8-9,11H,2-7H2,1H3,(H,14,15)(H,16,17). The zero-order valence-corrected chi connectivity index (χ0v) is 12.7. The third-order valence-electron chi connectivity index (χ3n) is 3.48. The fourth-order valence-corrected chi connectivity index (χ4v) is 3.91. The number of carbonyl (C=O) groups is 1. The number of aryl methyl sites for hydroxylation is 1. The highest BCUT2D eigenvalue weighted by Gasteiger charge is 2.20. The summed E-state index contributed by atoms with van der Waals surface area (Å²) in [6, 6.07) is 0.530. The molecule has 4 nitrogen and oxygen atoms in total. The third-order valence-corrected chi connectivity index (χ3v) is 5.44. The van der Waals surface area contributed by atoms with Gasteiger partial charge < -0.3 is 10.4 Å². The maximum atomic E-state index is 10.5. The van der Waals surface area contributed by atoms with Crippen LogP contribution in [0.15, 0.2) is 5.38 Å². The van der Waals surface area contributed by atoms with E-state index in [0.29, 0.717) is 12.5 Å². The molecule has 1 aliphatic carbocycles. The number of hydrogen-bond acceptors (Lipinski definition) is 5. The van der Waals surface area contributed by atoms with Crippen molar-refractivity contribution in [3.63, 3.8) is 0 Å². The maximum Gasteiger partial charge on any atom is 0.303 e. The summed E-state index contributed by atoms with van der Waals surface area (Å²) < 4.78 is 0. The summed E-state index contributed by atoms with van der Waals surface area (Å²) in [6.45, 7) is 0. The monoisotopic (exact) mass is 300 g/mol. The molecule has 0 saturated heterocycles. The molecule has 2 N–H and O–H groups in total. The predicted molar refractivity (Wildman–Crippen MR) is 81.3 cm³/mol. The van der Waals surface area contributed by atoms with Gasteiger partial charge in [0.15, 0.2) is 5.13 Å². The maximum absolute atomic E-state index is 10.5. The van der Waals surface area contributed by atoms with Crippen LogP contribution in [0.5, 0.6) is 0 Å². The molecule has 1 saturated carbocycles. The van der Waals surface area contributed by atoms with Crippen LogP contribution in [-0.2, 0) is 11.2 Å². The molecule has 0 spiro atoms. The minimum absolute atomic E-state index is 0.155. The van der Waals surface area contributed by atoms with Crippen LogP contribution in [0.2, 0.25) is 0 Å². The van der Waals surface area contributed by atoms with Crippen LogP contribution in [0.3, 0.4) is 0 Å². The van der Waals surface area contributed by atoms with Gasteiger partial charge in [-0.1, -0.05) is 0 Å². The molecule has 6 heteroatoms. The molecule has 1 fully saturated rings. The lowest BCUT2D eigenvalue weighted by atomic mass is 9.95. The van der Waals surface area contributed by atoms with E-state index < -0.39 is 5.97 Å². The molecule has 0 aliphatic heterocycles. The van der Waals surface area contributed by atoms with Gasteiger partial charge in [0, 0.05) is 23.1 Å². The summed E-state index contributed by atoms with van der Waals surface area (Å²) in [5.74, 6) is -0.766. The van der Waals surface area contributed by atoms with Crippen molar-refractivity contribution in [3.8, 4) is 0 Å². The van der Waals surface area contributed by atoms with E-state index in [-0.39, 0.29) is 6.42 Å². The minimum Gasteiger partial charge on any atom is -0.481 e. The molecule has 1 aromatic heterocycles. The second kappa shape index (κ2) is 7.14. The highest BCUT2D eigenvalue weighted by Crippen LogP contribution is 2.29. The Morgan fingerprint density at radius 2 is 2.26 bits per heavy atom. The third kappa shape index (κ3) is 4.69. The second-order valence-corrected chi connectivity index (χ2v) is 6.89. The summed E-state index contributed by atoms with van der Waals surface area (Å²) >= 11 is 3.55. The largest absolute Gasteiger partial charge is 0.481 e. The Kier molecular flexibility index (Phi) is 5.51. The summed E-state index contributed by atoms with van der Waals surface area (Å²) in [7, 11) is 0. The number of nitrogens with zero attached hydrogens (tertiary/aromatic N) is 1. The van der Waals surface area contributed by atoms with E-state index >= 15 is 0 Å². The van der Waals surface area contributed by atoms with Gasteiger partial charge in [-0.3, -0.25) is 4.79 Å². The zero-order valence-electron chi connectivity index (χ0n) is 11.1. The lowest BCUT2D eigenvalue weighted by molar-refractivity contribution is -0.136. The van der Waals surface area contributed by atoms with Crippen molar-refractivity contribution in [1.29, 1.82) is 0 Å². The first-order chi connectivity index (χ1) is 9.17. The molecule has 1 aliphatic rings. The molecule has 0 atom stereocenters. The van der Waals surface area contributed by atoms with Crippen LogP contribution in [0.4, 0.5) is 5.13 Å². The fraction of sp³-hybridized carbons (Fsp3) is 0.692. The molecule has 0 radical (unpaired) electrons. The van der Waals surface area contributed by atoms with Gasteiger partial charge in [0.1, 0.15) is 0 Å². The molecule has 1 heterocycles. The number of hydrogen-bond donors (Lipinski definition) is 2. The Labute approximate surface area is 122 Å². The zero-order chi connectivity index (χ0) is 13.7. The lowest BCUT2D eigenvalue weighted by Gasteiger charge is -2.27. The number of aromatic nitrogens is 1. The number of rotatable bonds is 6. The molecule has 0 aromatic carbocycles. The Bertz CT molecular complexity index is 415. The van der Waals surface area contributed by atoms with Crippen molar-refractivity contribution >= 4 is 34.2 Å². The highest BCUT2D eigenvalue weighted by atomic mass is 32.2. The smallest absolute Gasteiger partial charge is 0.303 e. The number of carboxylic acids is 1. The van der Waals surface area contributed by atoms with E-state index in [1.54, 1.807) is 11.3 Å². The second-order valence-electron chi connectivity index (χ2n) is 4.89. The van der Waals surface area contributed by atoms with Crippen LogP contribution in [-0.4, -0.2) is 33.6 Å². The Morgan fingerprint density at radius 3 is 2.89 bits per heavy atom. The van der Waals surface area contributed by atoms with Crippen LogP contribution in [0.1, 0.15) is 37.8 Å². The van der Waals surface area contributed by atoms with Crippen LogP contribution in [0, 0.1) is 0 Å². The SMILES string of the molecule is CSC1CCC(Nc2nc(CCC(=O)O)cs2)CC1. The first-order valence-electron chi connectivity index (χ1n) is 6.63. The molecule has 1 aromatic rings. The Morgan fingerprint density at radius 1 is 1.53 bits per heavy atom. The van der Waals surface area contributed by atoms with Crippen molar-refractivity contribution in [2.24, 2.45) is 0 Å². The van der Waals surface area contributed by atoms with Crippen molar-refractivity contribution in [2.45, 2.75) is 49.8 Å². The van der Waals surface area contributed by atoms with Gasteiger partial charge in [0.2, 0.25) is 0 Å². The molecule has 106 valence electrons. The number of anilines is 1. The summed E-state index contributed by atoms with van der Waals surface area (Å²) in [6.07, 6.45) is 7.82. The summed E-state index contributed by atoms with van der Waals surface area (Å²) in [4.78, 5) is 15.0.